The zero-order valence-corrected chi connectivity index (χ0v) is 46.8. The number of cyclic esters (lactones) is 1. The summed E-state index contributed by atoms with van der Waals surface area (Å²) < 4.78 is 38.1. The minimum atomic E-state index is -3.13. The average molecular weight is 1210 g/mol. The number of aliphatic hydroxyl groups is 3. The number of nitrogens with zero attached hydrogens (tertiary/aromatic N) is 1. The monoisotopic (exact) mass is 1210 g/mol. The van der Waals surface area contributed by atoms with Crippen LogP contribution in [0.25, 0.3) is 0 Å². The topological polar surface area (TPSA) is 253 Å². The van der Waals surface area contributed by atoms with Crippen molar-refractivity contribution in [3.05, 3.63) is 47.6 Å². The van der Waals surface area contributed by atoms with Gasteiger partial charge in [0.05, 0.1) is 24.4 Å². The van der Waals surface area contributed by atoms with Crippen LogP contribution in [0.15, 0.2) is 47.6 Å². The van der Waals surface area contributed by atoms with Gasteiger partial charge in [-0.3, -0.25) is 23.7 Å². The van der Waals surface area contributed by atoms with Crippen molar-refractivity contribution in [3.63, 3.8) is 0 Å². The number of esters is 1. The predicted molar refractivity (Wildman–Crippen MR) is 272 cm³/mol. The maximum absolute atomic E-state index is 14.4. The van der Waals surface area contributed by atoms with E-state index in [0.717, 1.165) is 12.0 Å². The Kier molecular flexibility index (Phi) is 32.3. The molecule has 0 aromatic heterocycles. The number of Topliss-reactive ketones (excluding diaryl/α,β-unsaturated/α-hetero) is 3. The van der Waals surface area contributed by atoms with Crippen LogP contribution >= 0.6 is 8.25 Å². The molecule has 0 aromatic rings. The zero-order chi connectivity index (χ0) is 51.7. The molecule has 17 nitrogen and oxygen atoms in total. The second-order valence-electron chi connectivity index (χ2n) is 19.9. The van der Waals surface area contributed by atoms with Gasteiger partial charge in [-0.15, -0.1) is 0 Å². The summed E-state index contributed by atoms with van der Waals surface area (Å²) in [5.41, 5.74) is 1.27. The summed E-state index contributed by atoms with van der Waals surface area (Å²) in [6.07, 6.45) is 11.2. The number of rotatable bonds is 6. The largest absolute Gasteiger partial charge is 0.460 e. The number of carbonyl (C=O) groups is 5. The van der Waals surface area contributed by atoms with E-state index in [9.17, 15) is 39.3 Å². The first kappa shape index (κ1) is 69.5. The van der Waals surface area contributed by atoms with Crippen LogP contribution in [0.1, 0.15) is 140 Å². The summed E-state index contributed by atoms with van der Waals surface area (Å²) >= 11 is 0. The molecule has 4 aliphatic rings. The molecule has 2 saturated heterocycles. The summed E-state index contributed by atoms with van der Waals surface area (Å²) in [7, 11) is 1.39. The van der Waals surface area contributed by atoms with E-state index in [2.05, 4.69) is 0 Å². The van der Waals surface area contributed by atoms with Gasteiger partial charge < -0.3 is 53.7 Å². The summed E-state index contributed by atoms with van der Waals surface area (Å²) in [6.45, 7) is 12.7. The molecule has 1 saturated carbocycles. The van der Waals surface area contributed by atoms with Crippen molar-refractivity contribution in [1.29, 1.82) is 0 Å². The number of carbonyl (C=O) groups excluding carboxylic acids is 5. The Balaban J connectivity index is 0.00000693. The van der Waals surface area contributed by atoms with Gasteiger partial charge in [0.1, 0.15) is 30.1 Å². The van der Waals surface area contributed by atoms with Crippen molar-refractivity contribution in [2.24, 2.45) is 35.5 Å². The van der Waals surface area contributed by atoms with Gasteiger partial charge in [-0.2, -0.15) is 0 Å². The quantitative estimate of drug-likeness (QED) is 0.0793. The summed E-state index contributed by atoms with van der Waals surface area (Å²) in [5.74, 6) is -7.96. The fourth-order valence-corrected chi connectivity index (χ4v) is 10.1. The molecular weight excluding hydrogens is 1120 g/mol. The number of amides is 1. The normalized spacial score (nSPS) is 35.8. The van der Waals surface area contributed by atoms with E-state index in [1.807, 2.05) is 58.1 Å². The van der Waals surface area contributed by atoms with Gasteiger partial charge in [-0.1, -0.05) is 85.9 Å². The van der Waals surface area contributed by atoms with Crippen molar-refractivity contribution in [2.45, 2.75) is 195 Å². The van der Waals surface area contributed by atoms with Crippen LogP contribution in [0.5, 0.6) is 0 Å². The molecule has 414 valence electrons. The SMILES string of the molecule is C.C.CO[C@H]1CC2CC[C@@H](C)[C@@](O)(O2)C(=O)C(=O)N2CCCCC2C(=O)O[C@H]([C@H](C)C[C@@H]2CC[C@@H](O)[C@H](OC)C2)CC(=O)[C@H](C)/C=C(\C)[C@@H](O)[C@@H](OC)C(=O)[C@H](C)C[C@H](C)/C=C/C=CC=C1C.O=[PH](O)O.[W]. The first-order valence-corrected chi connectivity index (χ1v) is 25.9. The first-order valence-electron chi connectivity index (χ1n) is 24.6. The van der Waals surface area contributed by atoms with Crippen LogP contribution < -0.4 is 0 Å². The fraction of sp³-hybridized carbons (Fsp3) is 0.755. The van der Waals surface area contributed by atoms with Gasteiger partial charge in [0.15, 0.2) is 5.78 Å². The Labute approximate surface area is 444 Å². The number of fused-ring (bicyclic) bond motifs is 3. The molecule has 15 atom stereocenters. The average Bonchev–Trinajstić information content (AvgIpc) is 3.30. The third-order valence-corrected chi connectivity index (χ3v) is 14.5. The Morgan fingerprint density at radius 2 is 1.50 bits per heavy atom. The van der Waals surface area contributed by atoms with Gasteiger partial charge >= 0.3 is 14.2 Å². The van der Waals surface area contributed by atoms with Gasteiger partial charge in [-0.05, 0) is 107 Å². The van der Waals surface area contributed by atoms with Gasteiger partial charge in [0, 0.05) is 79.5 Å². The minimum Gasteiger partial charge on any atom is -0.460 e. The summed E-state index contributed by atoms with van der Waals surface area (Å²) in [4.78, 5) is 86.1. The van der Waals surface area contributed by atoms with Crippen molar-refractivity contribution in [2.75, 3.05) is 27.9 Å². The standard InChI is InChI=1S/C51H79NO13.2CH4.H3O3P.W/c1-30-16-12-11-13-17-31(2)42(61-8)28-38-21-19-36(7)51(60,65-38)48(57)49(58)52-23-15-14-18-39(52)50(59)64-43(33(4)26-37-20-22-40(53)44(27-37)62-9)29-41(54)32(3)25-35(6)46(56)47(63-10)45(55)34(5)24-30;;;1-4(2)3;/h11-13,16-17,25,30,32-34,36-40,42-44,46-47,53,56,60H,14-15,18-24,26-29H2,1-10H3;2*1H4;4H,(H2,1,2,3);/b13-11?,16-12+,31-17?,35-25+;;;;/t30-,32-,33-,34-,36-,37+,38?,39?,40-,42+,43+,44-,46-,47+,51-;;;;/m1..../s1. The van der Waals surface area contributed by atoms with Crippen LogP contribution in [0.3, 0.4) is 0 Å². The second kappa shape index (κ2) is 33.5. The number of piperidine rings is 1. The molecule has 0 radical (unpaired) electrons. The molecule has 1 aliphatic carbocycles. The van der Waals surface area contributed by atoms with Gasteiger partial charge in [0.25, 0.3) is 11.7 Å². The molecule has 3 aliphatic heterocycles. The molecule has 1 amide bonds. The van der Waals surface area contributed by atoms with Gasteiger partial charge in [-0.25, -0.2) is 4.79 Å². The van der Waals surface area contributed by atoms with E-state index in [-0.39, 0.29) is 90.7 Å². The summed E-state index contributed by atoms with van der Waals surface area (Å²) in [5, 5.41) is 33.8. The van der Waals surface area contributed by atoms with Crippen LogP contribution in [-0.4, -0.2) is 142 Å². The number of ketones is 3. The van der Waals surface area contributed by atoms with Crippen LogP contribution in [0.2, 0.25) is 0 Å². The Morgan fingerprint density at radius 3 is 2.11 bits per heavy atom. The molecule has 5 N–H and O–H groups in total. The maximum Gasteiger partial charge on any atom is 0.329 e. The van der Waals surface area contributed by atoms with Crippen molar-refractivity contribution >= 4 is 37.5 Å². The number of allylic oxidation sites excluding steroid dienone is 6. The summed E-state index contributed by atoms with van der Waals surface area (Å²) in [6, 6.07) is -1.14. The molecule has 19 heteroatoms. The Morgan fingerprint density at radius 1 is 0.847 bits per heavy atom. The Bertz CT molecular complexity index is 1870. The molecule has 3 heterocycles. The van der Waals surface area contributed by atoms with Crippen LogP contribution in [0.4, 0.5) is 0 Å². The third kappa shape index (κ3) is 20.2. The third-order valence-electron chi connectivity index (χ3n) is 14.5. The number of hydrogen-bond acceptors (Lipinski definition) is 14. The van der Waals surface area contributed by atoms with E-state index in [1.165, 1.54) is 12.0 Å². The van der Waals surface area contributed by atoms with Crippen LogP contribution in [0, 0.1) is 35.5 Å². The number of methoxy groups -OCH3 is 3. The molecule has 2 bridgehead atoms. The first-order chi connectivity index (χ1) is 32.5. The van der Waals surface area contributed by atoms with Crippen molar-refractivity contribution < 1.29 is 98.4 Å². The van der Waals surface area contributed by atoms with Crippen molar-refractivity contribution in [3.8, 4) is 0 Å². The zero-order valence-electron chi connectivity index (χ0n) is 42.8. The Hall–Kier alpha value is -2.53. The van der Waals surface area contributed by atoms with Crippen LogP contribution in [-0.2, 0) is 73.3 Å². The number of aliphatic hydroxyl groups excluding tert-OH is 2. The molecular formula is C53H90NO16PW. The fourth-order valence-electron chi connectivity index (χ4n) is 10.1. The number of ether oxygens (including phenoxy) is 5. The van der Waals surface area contributed by atoms with E-state index < -0.39 is 92.1 Å². The molecule has 0 aromatic carbocycles. The maximum atomic E-state index is 14.4. The molecule has 0 spiro atoms. The minimum absolute atomic E-state index is 0. The molecule has 3 fully saturated rings. The predicted octanol–water partition coefficient (Wildman–Crippen LogP) is 6.81. The molecule has 2 unspecified atom stereocenters. The van der Waals surface area contributed by atoms with Crippen molar-refractivity contribution in [1.82, 2.24) is 4.90 Å². The van der Waals surface area contributed by atoms with E-state index in [1.54, 1.807) is 41.1 Å². The second-order valence-corrected chi connectivity index (χ2v) is 20.4. The van der Waals surface area contributed by atoms with E-state index >= 15 is 0 Å². The molecule has 72 heavy (non-hydrogen) atoms. The van der Waals surface area contributed by atoms with E-state index in [4.69, 9.17) is 38.0 Å². The molecule has 4 rings (SSSR count). The number of hydrogen-bond donors (Lipinski definition) is 5. The smallest absolute Gasteiger partial charge is 0.329 e. The van der Waals surface area contributed by atoms with E-state index in [0.29, 0.717) is 63.4 Å². The van der Waals surface area contributed by atoms with Gasteiger partial charge in [0.2, 0.25) is 5.79 Å².